The van der Waals surface area contributed by atoms with Crippen LogP contribution < -0.4 is 0 Å². The Hall–Kier alpha value is -0.200. The van der Waals surface area contributed by atoms with E-state index >= 15 is 0 Å². The van der Waals surface area contributed by atoms with Crippen LogP contribution in [-0.2, 0) is 0 Å². The molecule has 0 nitrogen and oxygen atoms in total. The van der Waals surface area contributed by atoms with Gasteiger partial charge in [-0.1, -0.05) is 23.2 Å². The third-order valence-electron chi connectivity index (χ3n) is 0.936. The van der Waals surface area contributed by atoms with Gasteiger partial charge in [0.05, 0.1) is 5.02 Å². The molecule has 0 amide bonds. The van der Waals surface area contributed by atoms with Crippen LogP contribution in [0, 0.1) is 13.0 Å². The number of benzene rings is 1. The Balaban J connectivity index is 3.17. The van der Waals surface area contributed by atoms with Crippen LogP contribution in [0.3, 0.4) is 0 Å². The van der Waals surface area contributed by atoms with Gasteiger partial charge in [0.2, 0.25) is 0 Å². The van der Waals surface area contributed by atoms with Crippen molar-refractivity contribution in [3.63, 3.8) is 0 Å². The second-order valence-corrected chi connectivity index (χ2v) is 2.67. The molecule has 2 heteroatoms. The fourth-order valence-electron chi connectivity index (χ4n) is 0.630. The summed E-state index contributed by atoms with van der Waals surface area (Å²) in [6.07, 6.45) is 0. The Morgan fingerprint density at radius 2 is 2.00 bits per heavy atom. The van der Waals surface area contributed by atoms with Gasteiger partial charge in [0, 0.05) is 11.1 Å². The van der Waals surface area contributed by atoms with Crippen molar-refractivity contribution in [2.45, 2.75) is 6.92 Å². The molecule has 0 aliphatic carbocycles. The van der Waals surface area contributed by atoms with E-state index in [1.165, 1.54) is 0 Å². The van der Waals surface area contributed by atoms with Gasteiger partial charge in [0.25, 0.3) is 0 Å². The van der Waals surface area contributed by atoms with E-state index < -0.39 is 0 Å². The van der Waals surface area contributed by atoms with E-state index in [4.69, 9.17) is 23.2 Å². The topological polar surface area (TPSA) is 0 Å². The van der Waals surface area contributed by atoms with Crippen molar-refractivity contribution in [1.82, 2.24) is 0 Å². The van der Waals surface area contributed by atoms with Crippen LogP contribution in [0.1, 0.15) is 5.56 Å². The van der Waals surface area contributed by atoms with Gasteiger partial charge in [0.1, 0.15) is 0 Å². The van der Waals surface area contributed by atoms with Crippen molar-refractivity contribution in [1.29, 1.82) is 0 Å². The lowest BCUT2D eigenvalue weighted by molar-refractivity contribution is 1.46. The lowest BCUT2D eigenvalue weighted by Gasteiger charge is -1.92. The highest BCUT2D eigenvalue weighted by Gasteiger charge is 1.91. The molecule has 0 spiro atoms. The molecule has 47 valence electrons. The molecule has 0 atom stereocenters. The van der Waals surface area contributed by atoms with Crippen molar-refractivity contribution >= 4 is 23.2 Å². The van der Waals surface area contributed by atoms with Gasteiger partial charge in [-0.15, -0.1) is 0 Å². The quantitative estimate of drug-likeness (QED) is 0.546. The van der Waals surface area contributed by atoms with Crippen LogP contribution in [0.5, 0.6) is 0 Å². The largest absolute Gasteiger partial charge is 0.0843 e. The summed E-state index contributed by atoms with van der Waals surface area (Å²) in [6, 6.07) is 6.37. The highest BCUT2D eigenvalue weighted by atomic mass is 35.5. The van der Waals surface area contributed by atoms with Crippen molar-refractivity contribution in [3.05, 3.63) is 33.8 Å². The second kappa shape index (κ2) is 2.59. The zero-order chi connectivity index (χ0) is 6.85. The van der Waals surface area contributed by atoms with E-state index in [2.05, 4.69) is 6.07 Å². The Labute approximate surface area is 64.4 Å². The molecule has 0 bridgehead atoms. The lowest BCUT2D eigenvalue weighted by Crippen LogP contribution is -1.71. The van der Waals surface area contributed by atoms with E-state index in [-0.39, 0.29) is 0 Å². The Bertz CT molecular complexity index is 168. The smallest absolute Gasteiger partial charge is 0.0502 e. The summed E-state index contributed by atoms with van der Waals surface area (Å²) in [6.45, 7) is 1.90. The van der Waals surface area contributed by atoms with Crippen LogP contribution >= 0.6 is 23.2 Å². The third-order valence-corrected chi connectivity index (χ3v) is 1.36. The van der Waals surface area contributed by atoms with E-state index in [0.717, 1.165) is 5.56 Å². The van der Waals surface area contributed by atoms with E-state index in [1.54, 1.807) is 6.07 Å². The van der Waals surface area contributed by atoms with Gasteiger partial charge in [-0.2, -0.15) is 0 Å². The molecular formula is C7H5Cl2. The van der Waals surface area contributed by atoms with Gasteiger partial charge < -0.3 is 0 Å². The molecule has 1 aromatic rings. The number of hydrogen-bond donors (Lipinski definition) is 0. The highest BCUT2D eigenvalue weighted by molar-refractivity contribution is 6.34. The predicted octanol–water partition coefficient (Wildman–Crippen LogP) is 3.10. The SMILES string of the molecule is Cc1[c]c(Cl)cc(Cl)c1. The van der Waals surface area contributed by atoms with E-state index in [9.17, 15) is 0 Å². The summed E-state index contributed by atoms with van der Waals surface area (Å²) in [5, 5.41) is 1.23. The summed E-state index contributed by atoms with van der Waals surface area (Å²) in [5.41, 5.74) is 0.965. The van der Waals surface area contributed by atoms with Crippen molar-refractivity contribution in [2.75, 3.05) is 0 Å². The fourth-order valence-corrected chi connectivity index (χ4v) is 1.23. The maximum absolute atomic E-state index is 5.65. The summed E-state index contributed by atoms with van der Waals surface area (Å²) < 4.78 is 0. The molecule has 0 aliphatic rings. The molecule has 1 radical (unpaired) electrons. The second-order valence-electron chi connectivity index (χ2n) is 1.83. The molecule has 0 fully saturated rings. The monoisotopic (exact) mass is 159 g/mol. The minimum absolute atomic E-state index is 0.569. The molecule has 0 saturated carbocycles. The first-order valence-corrected chi connectivity index (χ1v) is 3.29. The molecule has 1 aromatic carbocycles. The zero-order valence-corrected chi connectivity index (χ0v) is 6.42. The predicted molar refractivity (Wildman–Crippen MR) is 40.0 cm³/mol. The standard InChI is InChI=1S/C7H5Cl2/c1-5-2-6(8)4-7(9)3-5/h2,4H,1H3. The third kappa shape index (κ3) is 1.88. The molecule has 0 saturated heterocycles. The van der Waals surface area contributed by atoms with E-state index in [1.807, 2.05) is 13.0 Å². The first-order chi connectivity index (χ1) is 4.18. The summed E-state index contributed by atoms with van der Waals surface area (Å²) in [5.74, 6) is 0. The number of hydrogen-bond acceptors (Lipinski definition) is 0. The number of aryl methyl sites for hydroxylation is 1. The molecular weight excluding hydrogens is 155 g/mol. The molecule has 0 unspecified atom stereocenters. The van der Waals surface area contributed by atoms with Gasteiger partial charge in [-0.25, -0.2) is 0 Å². The first-order valence-electron chi connectivity index (χ1n) is 2.53. The Kier molecular flexibility index (Phi) is 1.99. The minimum atomic E-state index is 0.569. The summed E-state index contributed by atoms with van der Waals surface area (Å²) in [7, 11) is 0. The Morgan fingerprint density at radius 1 is 1.33 bits per heavy atom. The van der Waals surface area contributed by atoms with E-state index in [0.29, 0.717) is 10.0 Å². The van der Waals surface area contributed by atoms with Gasteiger partial charge in [-0.3, -0.25) is 0 Å². The van der Waals surface area contributed by atoms with Crippen molar-refractivity contribution < 1.29 is 0 Å². The van der Waals surface area contributed by atoms with Crippen LogP contribution in [-0.4, -0.2) is 0 Å². The lowest BCUT2D eigenvalue weighted by atomic mass is 10.2. The van der Waals surface area contributed by atoms with Crippen LogP contribution in [0.2, 0.25) is 10.0 Å². The van der Waals surface area contributed by atoms with Crippen LogP contribution in [0.25, 0.3) is 0 Å². The van der Waals surface area contributed by atoms with Crippen LogP contribution in [0.4, 0.5) is 0 Å². The molecule has 0 aliphatic heterocycles. The number of rotatable bonds is 0. The summed E-state index contributed by atoms with van der Waals surface area (Å²) in [4.78, 5) is 0. The van der Waals surface area contributed by atoms with Crippen LogP contribution in [0.15, 0.2) is 12.1 Å². The maximum atomic E-state index is 5.65. The van der Waals surface area contributed by atoms with Gasteiger partial charge in [-0.05, 0) is 24.6 Å². The molecule has 0 N–H and O–H groups in total. The molecule has 0 heterocycles. The van der Waals surface area contributed by atoms with Crippen molar-refractivity contribution in [3.8, 4) is 0 Å². The maximum Gasteiger partial charge on any atom is 0.0502 e. The number of halogens is 2. The fraction of sp³-hybridized carbons (Fsp3) is 0.143. The summed E-state index contributed by atoms with van der Waals surface area (Å²) >= 11 is 11.3. The van der Waals surface area contributed by atoms with Gasteiger partial charge >= 0.3 is 0 Å². The molecule has 1 rings (SSSR count). The normalized spacial score (nSPS) is 9.67. The Morgan fingerprint density at radius 3 is 2.44 bits per heavy atom. The minimum Gasteiger partial charge on any atom is -0.0843 e. The highest BCUT2D eigenvalue weighted by Crippen LogP contribution is 2.16. The van der Waals surface area contributed by atoms with Crippen molar-refractivity contribution in [2.24, 2.45) is 0 Å². The molecule has 0 aromatic heterocycles. The first kappa shape index (κ1) is 6.91. The average molecular weight is 160 g/mol. The molecule has 9 heavy (non-hydrogen) atoms. The van der Waals surface area contributed by atoms with Gasteiger partial charge in [0.15, 0.2) is 0 Å². The zero-order valence-electron chi connectivity index (χ0n) is 4.91. The average Bonchev–Trinajstić information content (AvgIpc) is 1.59.